The van der Waals surface area contributed by atoms with E-state index in [2.05, 4.69) is 18.2 Å². The molecule has 0 amide bonds. The van der Waals surface area contributed by atoms with Crippen LogP contribution in [-0.2, 0) is 15.4 Å². The predicted octanol–water partition coefficient (Wildman–Crippen LogP) is 3.86. The predicted molar refractivity (Wildman–Crippen MR) is 95.0 cm³/mol. The van der Waals surface area contributed by atoms with Gasteiger partial charge in [0, 0.05) is 17.7 Å². The van der Waals surface area contributed by atoms with Crippen LogP contribution in [0.4, 0.5) is 0 Å². The zero-order chi connectivity index (χ0) is 16.9. The quantitative estimate of drug-likeness (QED) is 0.851. The molecular formula is C20H21NO2S. The van der Waals surface area contributed by atoms with Crippen LogP contribution in [0.5, 0.6) is 0 Å². The fraction of sp³-hybridized carbons (Fsp3) is 0.300. The molecule has 1 saturated carbocycles. The van der Waals surface area contributed by atoms with Gasteiger partial charge in [0.05, 0.1) is 4.90 Å². The van der Waals surface area contributed by atoms with E-state index in [1.54, 1.807) is 18.3 Å². The Morgan fingerprint density at radius 3 is 2.38 bits per heavy atom. The molecule has 3 unspecified atom stereocenters. The van der Waals surface area contributed by atoms with Gasteiger partial charge in [-0.2, -0.15) is 0 Å². The second-order valence-electron chi connectivity index (χ2n) is 6.92. The van der Waals surface area contributed by atoms with E-state index in [-0.39, 0.29) is 11.5 Å². The Kier molecular flexibility index (Phi) is 3.36. The van der Waals surface area contributed by atoms with E-state index in [9.17, 15) is 8.42 Å². The number of allylic oxidation sites excluding steroid dienone is 1. The molecule has 2 aromatic rings. The van der Waals surface area contributed by atoms with Crippen molar-refractivity contribution in [3.63, 3.8) is 0 Å². The molecule has 2 aliphatic rings. The van der Waals surface area contributed by atoms with Crippen LogP contribution >= 0.6 is 0 Å². The minimum atomic E-state index is -3.50. The summed E-state index contributed by atoms with van der Waals surface area (Å²) in [5.41, 5.74) is 2.35. The minimum absolute atomic E-state index is 0.0139. The summed E-state index contributed by atoms with van der Waals surface area (Å²) < 4.78 is 27.5. The lowest BCUT2D eigenvalue weighted by Crippen LogP contribution is -2.40. The fourth-order valence-corrected chi connectivity index (χ4v) is 5.45. The second kappa shape index (κ2) is 5.21. The number of rotatable bonds is 3. The molecule has 4 rings (SSSR count). The Morgan fingerprint density at radius 1 is 1.04 bits per heavy atom. The van der Waals surface area contributed by atoms with Crippen LogP contribution in [0.25, 0.3) is 0 Å². The lowest BCUT2D eigenvalue weighted by molar-refractivity contribution is 0.354. The van der Waals surface area contributed by atoms with Crippen LogP contribution < -0.4 is 0 Å². The van der Waals surface area contributed by atoms with Crippen molar-refractivity contribution >= 4 is 10.0 Å². The average Bonchev–Trinajstić information content (AvgIpc) is 3.33. The smallest absolute Gasteiger partial charge is 0.264 e. The van der Waals surface area contributed by atoms with E-state index in [1.807, 2.05) is 44.2 Å². The maximum atomic E-state index is 13.0. The van der Waals surface area contributed by atoms with Crippen molar-refractivity contribution in [3.8, 4) is 0 Å². The number of benzene rings is 2. The van der Waals surface area contributed by atoms with Crippen molar-refractivity contribution in [2.24, 2.45) is 5.92 Å². The van der Waals surface area contributed by atoms with E-state index in [1.165, 1.54) is 9.87 Å². The molecule has 0 bridgehead atoms. The lowest BCUT2D eigenvalue weighted by atomic mass is 9.89. The summed E-state index contributed by atoms with van der Waals surface area (Å²) in [5, 5.41) is 0. The number of hydrogen-bond acceptors (Lipinski definition) is 2. The summed E-state index contributed by atoms with van der Waals surface area (Å²) in [5.74, 6) is 0.338. The monoisotopic (exact) mass is 339 g/mol. The number of aryl methyl sites for hydroxylation is 1. The summed E-state index contributed by atoms with van der Waals surface area (Å²) in [6.45, 7) is 3.98. The Balaban J connectivity index is 1.69. The van der Waals surface area contributed by atoms with Crippen LogP contribution in [0.15, 0.2) is 71.8 Å². The van der Waals surface area contributed by atoms with Gasteiger partial charge in [-0.05, 0) is 43.9 Å². The first-order valence-electron chi connectivity index (χ1n) is 8.30. The van der Waals surface area contributed by atoms with Crippen LogP contribution in [0.3, 0.4) is 0 Å². The molecule has 4 heteroatoms. The van der Waals surface area contributed by atoms with Crippen molar-refractivity contribution in [2.75, 3.05) is 0 Å². The van der Waals surface area contributed by atoms with Gasteiger partial charge in [0.1, 0.15) is 0 Å². The topological polar surface area (TPSA) is 37.4 Å². The van der Waals surface area contributed by atoms with Crippen molar-refractivity contribution < 1.29 is 8.42 Å². The standard InChI is InChI=1S/C20H21NO2S/c1-15-8-10-18(11-9-15)24(22,23)21-13-12-20(14-19(20)16(21)2)17-6-4-3-5-7-17/h3-13,16,19H,14H2,1-2H3. The first kappa shape index (κ1) is 15.5. The Bertz CT molecular complexity index is 887. The summed E-state index contributed by atoms with van der Waals surface area (Å²) in [6.07, 6.45) is 4.86. The second-order valence-corrected chi connectivity index (χ2v) is 8.76. The molecular weight excluding hydrogens is 318 g/mol. The largest absolute Gasteiger partial charge is 0.271 e. The molecule has 0 radical (unpaired) electrons. The number of sulfonamides is 1. The van der Waals surface area contributed by atoms with Crippen LogP contribution in [0, 0.1) is 12.8 Å². The first-order valence-corrected chi connectivity index (χ1v) is 9.74. The van der Waals surface area contributed by atoms with Gasteiger partial charge in [-0.3, -0.25) is 4.31 Å². The fourth-order valence-electron chi connectivity index (χ4n) is 3.92. The molecule has 3 atom stereocenters. The van der Waals surface area contributed by atoms with E-state index < -0.39 is 10.0 Å². The van der Waals surface area contributed by atoms with Crippen molar-refractivity contribution in [1.82, 2.24) is 4.31 Å². The maximum Gasteiger partial charge on any atom is 0.264 e. The van der Waals surface area contributed by atoms with Crippen LogP contribution in [-0.4, -0.2) is 18.8 Å². The molecule has 24 heavy (non-hydrogen) atoms. The van der Waals surface area contributed by atoms with Crippen molar-refractivity contribution in [1.29, 1.82) is 0 Å². The third kappa shape index (κ3) is 2.20. The van der Waals surface area contributed by atoms with Gasteiger partial charge in [-0.25, -0.2) is 8.42 Å². The molecule has 124 valence electrons. The van der Waals surface area contributed by atoms with Crippen molar-refractivity contribution in [2.45, 2.75) is 36.6 Å². The van der Waals surface area contributed by atoms with Gasteiger partial charge >= 0.3 is 0 Å². The summed E-state index contributed by atoms with van der Waals surface area (Å²) in [4.78, 5) is 0.359. The highest BCUT2D eigenvalue weighted by molar-refractivity contribution is 7.89. The molecule has 0 saturated heterocycles. The van der Waals surface area contributed by atoms with Crippen molar-refractivity contribution in [3.05, 3.63) is 78.0 Å². The Labute approximate surface area is 143 Å². The van der Waals surface area contributed by atoms with E-state index >= 15 is 0 Å². The average molecular weight is 339 g/mol. The lowest BCUT2D eigenvalue weighted by Gasteiger charge is -2.33. The van der Waals surface area contributed by atoms with E-state index in [0.717, 1.165) is 12.0 Å². The molecule has 3 nitrogen and oxygen atoms in total. The Morgan fingerprint density at radius 2 is 1.71 bits per heavy atom. The number of hydrogen-bond donors (Lipinski definition) is 0. The first-order chi connectivity index (χ1) is 11.4. The molecule has 2 aromatic carbocycles. The third-order valence-electron chi connectivity index (χ3n) is 5.47. The summed E-state index contributed by atoms with van der Waals surface area (Å²) >= 11 is 0. The highest BCUT2D eigenvalue weighted by atomic mass is 32.2. The molecule has 1 aliphatic heterocycles. The molecule has 1 fully saturated rings. The molecule has 0 aromatic heterocycles. The van der Waals surface area contributed by atoms with Gasteiger partial charge in [0.15, 0.2) is 0 Å². The highest BCUT2D eigenvalue weighted by Crippen LogP contribution is 2.60. The highest BCUT2D eigenvalue weighted by Gasteiger charge is 2.59. The van der Waals surface area contributed by atoms with Crippen LogP contribution in [0.2, 0.25) is 0 Å². The third-order valence-corrected chi connectivity index (χ3v) is 7.35. The van der Waals surface area contributed by atoms with E-state index in [4.69, 9.17) is 0 Å². The van der Waals surface area contributed by atoms with Gasteiger partial charge in [0.2, 0.25) is 0 Å². The van der Waals surface area contributed by atoms with Gasteiger partial charge in [-0.1, -0.05) is 54.1 Å². The van der Waals surface area contributed by atoms with Gasteiger partial charge in [-0.15, -0.1) is 0 Å². The summed E-state index contributed by atoms with van der Waals surface area (Å²) in [6, 6.07) is 17.4. The molecule has 1 aliphatic carbocycles. The number of nitrogens with zero attached hydrogens (tertiary/aromatic N) is 1. The SMILES string of the molecule is Cc1ccc(S(=O)(=O)N2C=CC3(c4ccccc4)CC3C2C)cc1. The van der Waals surface area contributed by atoms with E-state index in [0.29, 0.717) is 10.8 Å². The zero-order valence-corrected chi connectivity index (χ0v) is 14.7. The maximum absolute atomic E-state index is 13.0. The zero-order valence-electron chi connectivity index (χ0n) is 13.9. The Hall–Kier alpha value is -2.07. The number of fused-ring (bicyclic) bond motifs is 1. The molecule has 0 spiro atoms. The molecule has 1 heterocycles. The van der Waals surface area contributed by atoms with Crippen LogP contribution in [0.1, 0.15) is 24.5 Å². The van der Waals surface area contributed by atoms with Gasteiger partial charge in [0.25, 0.3) is 10.0 Å². The normalized spacial score (nSPS) is 28.5. The molecule has 0 N–H and O–H groups in total. The summed E-state index contributed by atoms with van der Waals surface area (Å²) in [7, 11) is -3.50. The van der Waals surface area contributed by atoms with Gasteiger partial charge < -0.3 is 0 Å². The minimum Gasteiger partial charge on any atom is -0.271 e.